The molecule has 3 aromatic rings. The van der Waals surface area contributed by atoms with E-state index in [0.29, 0.717) is 18.9 Å². The van der Waals surface area contributed by atoms with E-state index in [1.165, 1.54) is 0 Å². The highest BCUT2D eigenvalue weighted by molar-refractivity contribution is 7.08. The van der Waals surface area contributed by atoms with Crippen molar-refractivity contribution in [3.05, 3.63) is 64.9 Å². The molecule has 1 amide bonds. The van der Waals surface area contributed by atoms with Crippen LogP contribution in [0.15, 0.2) is 53.5 Å². The molecule has 1 aliphatic rings. The van der Waals surface area contributed by atoms with Crippen molar-refractivity contribution in [2.75, 3.05) is 13.1 Å². The Bertz CT molecular complexity index is 911. The number of benzene rings is 1. The van der Waals surface area contributed by atoms with E-state index in [1.54, 1.807) is 17.5 Å². The maximum atomic E-state index is 12.9. The van der Waals surface area contributed by atoms with E-state index in [4.69, 9.17) is 0 Å². The summed E-state index contributed by atoms with van der Waals surface area (Å²) in [6, 6.07) is 9.90. The first-order valence-electron chi connectivity index (χ1n) is 9.20. The fourth-order valence-electron chi connectivity index (χ4n) is 3.73. The molecule has 1 saturated heterocycles. The average Bonchev–Trinajstić information content (AvgIpc) is 3.39. The second kappa shape index (κ2) is 7.66. The number of carbonyl (C=O) groups excluding carboxylic acids is 1. The second-order valence-electron chi connectivity index (χ2n) is 7.06. The van der Waals surface area contributed by atoms with Crippen LogP contribution in [0.3, 0.4) is 0 Å². The van der Waals surface area contributed by atoms with Crippen LogP contribution in [-0.4, -0.2) is 38.6 Å². The second-order valence-corrected chi connectivity index (χ2v) is 7.84. The predicted molar refractivity (Wildman–Crippen MR) is 107 cm³/mol. The lowest BCUT2D eigenvalue weighted by Gasteiger charge is -2.34. The van der Waals surface area contributed by atoms with Gasteiger partial charge in [-0.3, -0.25) is 4.79 Å². The fourth-order valence-corrected chi connectivity index (χ4v) is 4.40. The number of aryl methyl sites for hydroxylation is 1. The molecule has 0 radical (unpaired) electrons. The Morgan fingerprint density at radius 3 is 2.74 bits per heavy atom. The molecule has 1 aromatic carbocycles. The van der Waals surface area contributed by atoms with E-state index < -0.39 is 6.10 Å². The summed E-state index contributed by atoms with van der Waals surface area (Å²) in [4.78, 5) is 19.1. The number of amides is 1. The molecule has 1 N–H and O–H groups in total. The van der Waals surface area contributed by atoms with E-state index in [9.17, 15) is 9.90 Å². The standard InChI is InChI=1S/C21H23N3O2S/c1-23-11-8-22-20(23)19(25)15-5-9-24(10-6-15)21(26)17-4-2-3-16(13-17)18-7-12-27-14-18/h2-4,7-8,11-15,19,25H,5-6,9-10H2,1H3/t19-/m0/s1. The van der Waals surface area contributed by atoms with Crippen molar-refractivity contribution in [2.45, 2.75) is 18.9 Å². The van der Waals surface area contributed by atoms with Crippen LogP contribution < -0.4 is 0 Å². The van der Waals surface area contributed by atoms with Gasteiger partial charge in [0, 0.05) is 38.1 Å². The maximum absolute atomic E-state index is 12.9. The number of rotatable bonds is 4. The van der Waals surface area contributed by atoms with E-state index in [1.807, 2.05) is 52.4 Å². The molecule has 6 heteroatoms. The molecule has 0 saturated carbocycles. The summed E-state index contributed by atoms with van der Waals surface area (Å²) in [5.41, 5.74) is 2.94. The molecule has 0 spiro atoms. The van der Waals surface area contributed by atoms with Crippen LogP contribution in [0.5, 0.6) is 0 Å². The lowest BCUT2D eigenvalue weighted by atomic mass is 9.90. The fraction of sp³-hybridized carbons (Fsp3) is 0.333. The monoisotopic (exact) mass is 381 g/mol. The third-order valence-corrected chi connectivity index (χ3v) is 6.04. The summed E-state index contributed by atoms with van der Waals surface area (Å²) < 4.78 is 1.86. The first kappa shape index (κ1) is 17.9. The highest BCUT2D eigenvalue weighted by atomic mass is 32.1. The Morgan fingerprint density at radius 2 is 2.07 bits per heavy atom. The topological polar surface area (TPSA) is 58.4 Å². The molecule has 5 nitrogen and oxygen atoms in total. The molecule has 1 atom stereocenters. The molecule has 140 valence electrons. The van der Waals surface area contributed by atoms with Crippen molar-refractivity contribution in [3.63, 3.8) is 0 Å². The van der Waals surface area contributed by atoms with Gasteiger partial charge in [-0.25, -0.2) is 4.98 Å². The first-order chi connectivity index (χ1) is 13.1. The summed E-state index contributed by atoms with van der Waals surface area (Å²) in [6.07, 6.45) is 4.53. The molecule has 27 heavy (non-hydrogen) atoms. The number of aliphatic hydroxyl groups excluding tert-OH is 1. The summed E-state index contributed by atoms with van der Waals surface area (Å²) in [6.45, 7) is 1.32. The van der Waals surface area contributed by atoms with Crippen molar-refractivity contribution < 1.29 is 9.90 Å². The summed E-state index contributed by atoms with van der Waals surface area (Å²) in [5, 5.41) is 14.7. The van der Waals surface area contributed by atoms with Crippen LogP contribution in [0.1, 0.15) is 35.1 Å². The minimum Gasteiger partial charge on any atom is -0.385 e. The van der Waals surface area contributed by atoms with Gasteiger partial charge < -0.3 is 14.6 Å². The highest BCUT2D eigenvalue weighted by Gasteiger charge is 2.30. The Morgan fingerprint density at radius 1 is 1.26 bits per heavy atom. The zero-order chi connectivity index (χ0) is 18.8. The van der Waals surface area contributed by atoms with Gasteiger partial charge in [-0.05, 0) is 58.8 Å². The van der Waals surface area contributed by atoms with Crippen LogP contribution in [0.2, 0.25) is 0 Å². The van der Waals surface area contributed by atoms with E-state index >= 15 is 0 Å². The summed E-state index contributed by atoms with van der Waals surface area (Å²) in [7, 11) is 1.89. The molecule has 4 rings (SSSR count). The lowest BCUT2D eigenvalue weighted by Crippen LogP contribution is -2.40. The van der Waals surface area contributed by atoms with Gasteiger partial charge in [0.25, 0.3) is 5.91 Å². The molecular weight excluding hydrogens is 358 g/mol. The van der Waals surface area contributed by atoms with Gasteiger partial charge in [0.2, 0.25) is 0 Å². The first-order valence-corrected chi connectivity index (χ1v) is 10.1. The van der Waals surface area contributed by atoms with Crippen LogP contribution in [0.25, 0.3) is 11.1 Å². The number of hydrogen-bond donors (Lipinski definition) is 1. The summed E-state index contributed by atoms with van der Waals surface area (Å²) in [5.74, 6) is 0.896. The smallest absolute Gasteiger partial charge is 0.253 e. The third kappa shape index (κ3) is 3.68. The molecule has 0 unspecified atom stereocenters. The Balaban J connectivity index is 1.42. The Kier molecular flexibility index (Phi) is 5.09. The zero-order valence-electron chi connectivity index (χ0n) is 15.3. The number of hydrogen-bond acceptors (Lipinski definition) is 4. The van der Waals surface area contributed by atoms with Gasteiger partial charge in [-0.1, -0.05) is 12.1 Å². The predicted octanol–water partition coefficient (Wildman–Crippen LogP) is 3.73. The number of likely N-dealkylation sites (tertiary alicyclic amines) is 1. The van der Waals surface area contributed by atoms with Gasteiger partial charge in [0.15, 0.2) is 0 Å². The van der Waals surface area contributed by atoms with Crippen LogP contribution in [0, 0.1) is 5.92 Å². The van der Waals surface area contributed by atoms with E-state index in [2.05, 4.69) is 16.4 Å². The van der Waals surface area contributed by atoms with Crippen molar-refractivity contribution >= 4 is 17.2 Å². The van der Waals surface area contributed by atoms with Crippen molar-refractivity contribution in [1.82, 2.24) is 14.5 Å². The highest BCUT2D eigenvalue weighted by Crippen LogP contribution is 2.30. The quantitative estimate of drug-likeness (QED) is 0.749. The lowest BCUT2D eigenvalue weighted by molar-refractivity contribution is 0.0420. The Hall–Kier alpha value is -2.44. The number of thiophene rings is 1. The number of nitrogens with zero attached hydrogens (tertiary/aromatic N) is 3. The van der Waals surface area contributed by atoms with Crippen LogP contribution in [-0.2, 0) is 7.05 Å². The van der Waals surface area contributed by atoms with Crippen molar-refractivity contribution in [3.8, 4) is 11.1 Å². The largest absolute Gasteiger partial charge is 0.385 e. The number of imidazole rings is 1. The molecule has 1 aliphatic heterocycles. The van der Waals surface area contributed by atoms with Gasteiger partial charge >= 0.3 is 0 Å². The van der Waals surface area contributed by atoms with E-state index in [0.717, 1.165) is 29.5 Å². The van der Waals surface area contributed by atoms with Gasteiger partial charge in [-0.2, -0.15) is 11.3 Å². The molecule has 0 bridgehead atoms. The molecular formula is C21H23N3O2S. The Labute approximate surface area is 162 Å². The normalized spacial score (nSPS) is 16.4. The van der Waals surface area contributed by atoms with Crippen LogP contribution >= 0.6 is 11.3 Å². The molecule has 1 fully saturated rings. The van der Waals surface area contributed by atoms with Crippen molar-refractivity contribution in [2.24, 2.45) is 13.0 Å². The van der Waals surface area contributed by atoms with Gasteiger partial charge in [0.05, 0.1) is 0 Å². The minimum absolute atomic E-state index is 0.0667. The number of aliphatic hydroxyl groups is 1. The number of carbonyl (C=O) groups is 1. The van der Waals surface area contributed by atoms with Gasteiger partial charge in [0.1, 0.15) is 11.9 Å². The molecule has 2 aromatic heterocycles. The van der Waals surface area contributed by atoms with Crippen LogP contribution in [0.4, 0.5) is 0 Å². The van der Waals surface area contributed by atoms with E-state index in [-0.39, 0.29) is 11.8 Å². The average molecular weight is 382 g/mol. The zero-order valence-corrected chi connectivity index (χ0v) is 16.1. The maximum Gasteiger partial charge on any atom is 0.253 e. The molecule has 0 aliphatic carbocycles. The number of aromatic nitrogens is 2. The third-order valence-electron chi connectivity index (χ3n) is 5.36. The van der Waals surface area contributed by atoms with Gasteiger partial charge in [-0.15, -0.1) is 0 Å². The minimum atomic E-state index is -0.579. The number of piperidine rings is 1. The molecule has 3 heterocycles. The SMILES string of the molecule is Cn1ccnc1[C@@H](O)C1CCN(C(=O)c2cccc(-c3ccsc3)c2)CC1. The summed E-state index contributed by atoms with van der Waals surface area (Å²) >= 11 is 1.65. The van der Waals surface area contributed by atoms with Crippen molar-refractivity contribution in [1.29, 1.82) is 0 Å².